The zero-order valence-electron chi connectivity index (χ0n) is 16.2. The summed E-state index contributed by atoms with van der Waals surface area (Å²) in [5, 5.41) is 14.1. The minimum atomic E-state index is -0.821. The molecule has 0 unspecified atom stereocenters. The molecule has 28 heavy (non-hydrogen) atoms. The lowest BCUT2D eigenvalue weighted by Crippen LogP contribution is -2.43. The van der Waals surface area contributed by atoms with E-state index >= 15 is 0 Å². The van der Waals surface area contributed by atoms with Gasteiger partial charge in [-0.1, -0.05) is 12.1 Å². The van der Waals surface area contributed by atoms with Gasteiger partial charge in [0.25, 0.3) is 0 Å². The Morgan fingerprint density at radius 1 is 1.21 bits per heavy atom. The molecule has 1 aliphatic rings. The maximum atomic E-state index is 13.0. The number of benzene rings is 1. The Morgan fingerprint density at radius 3 is 2.75 bits per heavy atom. The van der Waals surface area contributed by atoms with E-state index in [1.165, 1.54) is 12.3 Å². The monoisotopic (exact) mass is 389 g/mol. The number of nitrogens with one attached hydrogen (secondary N) is 1. The highest BCUT2D eigenvalue weighted by Crippen LogP contribution is 2.25. The fourth-order valence-electron chi connectivity index (χ4n) is 3.26. The van der Waals surface area contributed by atoms with E-state index < -0.39 is 5.60 Å². The summed E-state index contributed by atoms with van der Waals surface area (Å²) in [5.41, 5.74) is 0.300. The predicted octanol–water partition coefficient (Wildman–Crippen LogP) is 2.37. The quantitative estimate of drug-likeness (QED) is 0.608. The van der Waals surface area contributed by atoms with Crippen molar-refractivity contribution in [3.8, 4) is 5.75 Å². The second-order valence-electron chi connectivity index (χ2n) is 7.02. The van der Waals surface area contributed by atoms with Gasteiger partial charge in [0.05, 0.1) is 18.4 Å². The van der Waals surface area contributed by atoms with Gasteiger partial charge in [0.15, 0.2) is 0 Å². The molecule has 0 spiro atoms. The molecule has 3 rings (SSSR count). The van der Waals surface area contributed by atoms with Gasteiger partial charge < -0.3 is 24.8 Å². The van der Waals surface area contributed by atoms with Gasteiger partial charge >= 0.3 is 0 Å². The van der Waals surface area contributed by atoms with Crippen LogP contribution < -0.4 is 15.0 Å². The first-order valence-corrected chi connectivity index (χ1v) is 9.67. The molecule has 0 bridgehead atoms. The summed E-state index contributed by atoms with van der Waals surface area (Å²) < 4.78 is 23.9. The molecule has 2 heterocycles. The number of rotatable bonds is 10. The Labute approximate surface area is 165 Å². The maximum Gasteiger partial charge on any atom is 0.141 e. The Morgan fingerprint density at radius 2 is 2.04 bits per heavy atom. The molecule has 2 N–H and O–H groups in total. The number of pyridine rings is 1. The Hall–Kier alpha value is -2.22. The van der Waals surface area contributed by atoms with Gasteiger partial charge in [-0.25, -0.2) is 9.37 Å². The summed E-state index contributed by atoms with van der Waals surface area (Å²) in [6, 6.07) is 10.9. The van der Waals surface area contributed by atoms with Crippen LogP contribution in [0.1, 0.15) is 18.9 Å². The van der Waals surface area contributed by atoms with Crippen molar-refractivity contribution in [3.05, 3.63) is 54.0 Å². The smallest absolute Gasteiger partial charge is 0.141 e. The van der Waals surface area contributed by atoms with Crippen LogP contribution in [0.25, 0.3) is 0 Å². The third-order valence-electron chi connectivity index (χ3n) is 4.78. The third kappa shape index (κ3) is 5.89. The standard InChI is InChI=1S/C21H28FN3O3/c1-2-27-11-12-28-19-6-3-17(4-7-19)13-23-15-21(26)9-10-25(16-21)20-8-5-18(22)14-24-20/h3-8,14,23,26H,2,9-13,15-16H2,1H3/t21-/m0/s1. The van der Waals surface area contributed by atoms with Crippen molar-refractivity contribution in [2.75, 3.05) is 44.4 Å². The predicted molar refractivity (Wildman–Crippen MR) is 106 cm³/mol. The average molecular weight is 389 g/mol. The second-order valence-corrected chi connectivity index (χ2v) is 7.02. The van der Waals surface area contributed by atoms with E-state index in [1.807, 2.05) is 36.1 Å². The van der Waals surface area contributed by atoms with Crippen molar-refractivity contribution in [2.45, 2.75) is 25.5 Å². The summed E-state index contributed by atoms with van der Waals surface area (Å²) in [5.74, 6) is 1.16. The van der Waals surface area contributed by atoms with E-state index in [0.29, 0.717) is 58.2 Å². The van der Waals surface area contributed by atoms with Crippen molar-refractivity contribution < 1.29 is 19.0 Å². The first-order chi connectivity index (χ1) is 13.6. The van der Waals surface area contributed by atoms with Gasteiger partial charge in [-0.2, -0.15) is 0 Å². The van der Waals surface area contributed by atoms with Crippen molar-refractivity contribution >= 4 is 5.82 Å². The van der Waals surface area contributed by atoms with Crippen molar-refractivity contribution in [2.24, 2.45) is 0 Å². The zero-order chi connectivity index (χ0) is 19.8. The van der Waals surface area contributed by atoms with Gasteiger partial charge in [0, 0.05) is 32.8 Å². The largest absolute Gasteiger partial charge is 0.491 e. The topological polar surface area (TPSA) is 66.8 Å². The maximum absolute atomic E-state index is 13.0. The van der Waals surface area contributed by atoms with Crippen LogP contribution in [0.2, 0.25) is 0 Å². The summed E-state index contributed by atoms with van der Waals surface area (Å²) in [4.78, 5) is 6.07. The number of ether oxygens (including phenoxy) is 2. The summed E-state index contributed by atoms with van der Waals surface area (Å²) >= 11 is 0. The van der Waals surface area contributed by atoms with Gasteiger partial charge in [0.1, 0.15) is 24.0 Å². The minimum Gasteiger partial charge on any atom is -0.491 e. The molecule has 1 aromatic heterocycles. The number of aromatic nitrogens is 1. The van der Waals surface area contributed by atoms with Crippen LogP contribution in [0.5, 0.6) is 5.75 Å². The highest BCUT2D eigenvalue weighted by atomic mass is 19.1. The first kappa shape index (κ1) is 20.5. The Bertz CT molecular complexity index is 727. The van der Waals surface area contributed by atoms with Gasteiger partial charge in [-0.05, 0) is 43.2 Å². The molecule has 1 atom stereocenters. The average Bonchev–Trinajstić information content (AvgIpc) is 3.09. The van der Waals surface area contributed by atoms with Crippen LogP contribution in [0.15, 0.2) is 42.6 Å². The number of halogens is 1. The molecule has 1 saturated heterocycles. The van der Waals surface area contributed by atoms with Crippen LogP contribution in [0.4, 0.5) is 10.2 Å². The van der Waals surface area contributed by atoms with Crippen molar-refractivity contribution in [1.82, 2.24) is 10.3 Å². The van der Waals surface area contributed by atoms with Gasteiger partial charge in [-0.15, -0.1) is 0 Å². The van der Waals surface area contributed by atoms with Crippen LogP contribution in [-0.4, -0.2) is 55.1 Å². The summed E-state index contributed by atoms with van der Waals surface area (Å²) in [6.07, 6.45) is 1.85. The molecule has 2 aromatic rings. The zero-order valence-corrected chi connectivity index (χ0v) is 16.2. The van der Waals surface area contributed by atoms with Crippen LogP contribution in [0.3, 0.4) is 0 Å². The number of aliphatic hydroxyl groups is 1. The lowest BCUT2D eigenvalue weighted by Gasteiger charge is -2.24. The summed E-state index contributed by atoms with van der Waals surface area (Å²) in [6.45, 7) is 6.10. The molecule has 0 aliphatic carbocycles. The molecule has 7 heteroatoms. The SMILES string of the molecule is CCOCCOc1ccc(CNC[C@@]2(O)CCN(c3ccc(F)cn3)C2)cc1. The van der Waals surface area contributed by atoms with Crippen molar-refractivity contribution in [3.63, 3.8) is 0 Å². The third-order valence-corrected chi connectivity index (χ3v) is 4.78. The van der Waals surface area contributed by atoms with E-state index in [1.54, 1.807) is 6.07 Å². The molecule has 1 aromatic carbocycles. The van der Waals surface area contributed by atoms with E-state index in [9.17, 15) is 9.50 Å². The molecular formula is C21H28FN3O3. The normalized spacial score (nSPS) is 19.2. The molecule has 0 amide bonds. The molecule has 1 aliphatic heterocycles. The first-order valence-electron chi connectivity index (χ1n) is 9.67. The van der Waals surface area contributed by atoms with E-state index in [2.05, 4.69) is 10.3 Å². The van der Waals surface area contributed by atoms with E-state index in [0.717, 1.165) is 11.3 Å². The summed E-state index contributed by atoms with van der Waals surface area (Å²) in [7, 11) is 0. The molecule has 6 nitrogen and oxygen atoms in total. The fourth-order valence-corrected chi connectivity index (χ4v) is 3.26. The Kier molecular flexibility index (Phi) is 7.19. The lowest BCUT2D eigenvalue weighted by atomic mass is 10.0. The lowest BCUT2D eigenvalue weighted by molar-refractivity contribution is 0.0626. The fraction of sp³-hybridized carbons (Fsp3) is 0.476. The van der Waals surface area contributed by atoms with Gasteiger partial charge in [-0.3, -0.25) is 0 Å². The van der Waals surface area contributed by atoms with Crippen LogP contribution in [0, 0.1) is 5.82 Å². The molecule has 152 valence electrons. The number of β-amino-alcohol motifs (C(OH)–C–C–N with tert-alkyl or cyclic N) is 1. The van der Waals surface area contributed by atoms with Crippen molar-refractivity contribution in [1.29, 1.82) is 0 Å². The molecular weight excluding hydrogens is 361 g/mol. The number of anilines is 1. The van der Waals surface area contributed by atoms with Crippen LogP contribution >= 0.6 is 0 Å². The second kappa shape index (κ2) is 9.82. The molecule has 0 saturated carbocycles. The van der Waals surface area contributed by atoms with E-state index in [4.69, 9.17) is 9.47 Å². The minimum absolute atomic E-state index is 0.356. The van der Waals surface area contributed by atoms with E-state index in [-0.39, 0.29) is 5.82 Å². The number of hydrogen-bond donors (Lipinski definition) is 2. The van der Waals surface area contributed by atoms with Gasteiger partial charge in [0.2, 0.25) is 0 Å². The highest BCUT2D eigenvalue weighted by Gasteiger charge is 2.36. The molecule has 0 radical (unpaired) electrons. The molecule has 1 fully saturated rings. The van der Waals surface area contributed by atoms with Crippen LogP contribution in [-0.2, 0) is 11.3 Å². The Balaban J connectivity index is 1.41. The highest BCUT2D eigenvalue weighted by molar-refractivity contribution is 5.40. The number of nitrogens with zero attached hydrogens (tertiary/aromatic N) is 2. The number of hydrogen-bond acceptors (Lipinski definition) is 6.